The molecular formula is C47H88O5. The molecule has 0 N–H and O–H groups in total. The van der Waals surface area contributed by atoms with Gasteiger partial charge in [-0.1, -0.05) is 206 Å². The van der Waals surface area contributed by atoms with E-state index in [-0.39, 0.29) is 25.2 Å². The number of unbranched alkanes of at least 4 members (excludes halogenated alkanes) is 27. The van der Waals surface area contributed by atoms with Gasteiger partial charge in [-0.05, 0) is 44.9 Å². The van der Waals surface area contributed by atoms with Crippen LogP contribution >= 0.6 is 0 Å². The van der Waals surface area contributed by atoms with E-state index in [1.807, 2.05) is 0 Å². The lowest BCUT2D eigenvalue weighted by Crippen LogP contribution is -2.30. The first kappa shape index (κ1) is 50.4. The van der Waals surface area contributed by atoms with Gasteiger partial charge in [-0.15, -0.1) is 0 Å². The molecule has 0 aromatic carbocycles. The monoisotopic (exact) mass is 733 g/mol. The lowest BCUT2D eigenvalue weighted by Gasteiger charge is -2.18. The minimum atomic E-state index is -0.530. The minimum absolute atomic E-state index is 0.0828. The lowest BCUT2D eigenvalue weighted by atomic mass is 10.0. The molecule has 1 unspecified atom stereocenters. The number of ether oxygens (including phenoxy) is 3. The van der Waals surface area contributed by atoms with Gasteiger partial charge < -0.3 is 14.2 Å². The molecule has 0 aliphatic rings. The van der Waals surface area contributed by atoms with Gasteiger partial charge in [-0.3, -0.25) is 9.59 Å². The van der Waals surface area contributed by atoms with Crippen LogP contribution in [-0.2, 0) is 23.8 Å². The standard InChI is InChI=1S/C47H88O5/c1-4-7-10-13-15-17-19-21-22-23-24-25-27-29-31-33-36-39-42-50-43-45(52-47(49)41-38-34-12-9-6-3)44-51-46(48)40-37-35-32-30-28-26-20-18-16-14-11-8-5-2/h11,14,18,20,45H,4-10,12-13,15-17,19,21-44H2,1-3H3/b14-11-,20-18-. The van der Waals surface area contributed by atoms with Gasteiger partial charge in [0, 0.05) is 19.4 Å². The topological polar surface area (TPSA) is 61.8 Å². The van der Waals surface area contributed by atoms with Crippen molar-refractivity contribution in [3.63, 3.8) is 0 Å². The van der Waals surface area contributed by atoms with Gasteiger partial charge in [0.15, 0.2) is 6.10 Å². The molecule has 52 heavy (non-hydrogen) atoms. The highest BCUT2D eigenvalue weighted by atomic mass is 16.6. The molecule has 0 fully saturated rings. The zero-order chi connectivity index (χ0) is 37.8. The highest BCUT2D eigenvalue weighted by Gasteiger charge is 2.17. The Morgan fingerprint density at radius 1 is 0.423 bits per heavy atom. The first-order valence-electron chi connectivity index (χ1n) is 22.9. The summed E-state index contributed by atoms with van der Waals surface area (Å²) >= 11 is 0. The highest BCUT2D eigenvalue weighted by molar-refractivity contribution is 5.70. The van der Waals surface area contributed by atoms with E-state index in [0.717, 1.165) is 57.8 Å². The molecule has 5 heteroatoms. The molecule has 0 spiro atoms. The summed E-state index contributed by atoms with van der Waals surface area (Å²) in [5.74, 6) is -0.416. The van der Waals surface area contributed by atoms with Crippen LogP contribution < -0.4 is 0 Å². The van der Waals surface area contributed by atoms with Crippen LogP contribution in [0.15, 0.2) is 24.3 Å². The second-order valence-corrected chi connectivity index (χ2v) is 15.3. The van der Waals surface area contributed by atoms with Crippen LogP contribution in [-0.4, -0.2) is 37.9 Å². The number of hydrogen-bond acceptors (Lipinski definition) is 5. The van der Waals surface area contributed by atoms with Crippen LogP contribution in [0.4, 0.5) is 0 Å². The van der Waals surface area contributed by atoms with Crippen molar-refractivity contribution in [3.05, 3.63) is 24.3 Å². The van der Waals surface area contributed by atoms with E-state index >= 15 is 0 Å². The molecular weight excluding hydrogens is 645 g/mol. The average Bonchev–Trinajstić information content (AvgIpc) is 3.14. The van der Waals surface area contributed by atoms with Crippen LogP contribution in [0, 0.1) is 0 Å². The van der Waals surface area contributed by atoms with Gasteiger partial charge in [-0.25, -0.2) is 0 Å². The Bertz CT molecular complexity index is 791. The van der Waals surface area contributed by atoms with Crippen LogP contribution in [0.1, 0.15) is 239 Å². The average molecular weight is 733 g/mol. The normalized spacial score (nSPS) is 12.3. The summed E-state index contributed by atoms with van der Waals surface area (Å²) in [6.07, 6.45) is 49.2. The van der Waals surface area contributed by atoms with Gasteiger partial charge in [0.25, 0.3) is 0 Å². The van der Waals surface area contributed by atoms with Gasteiger partial charge in [0.2, 0.25) is 0 Å². The quantitative estimate of drug-likeness (QED) is 0.0355. The second-order valence-electron chi connectivity index (χ2n) is 15.3. The smallest absolute Gasteiger partial charge is 0.306 e. The fraction of sp³-hybridized carbons (Fsp3) is 0.872. The fourth-order valence-corrected chi connectivity index (χ4v) is 6.55. The Kier molecular flexibility index (Phi) is 42.4. The molecule has 0 bridgehead atoms. The predicted molar refractivity (Wildman–Crippen MR) is 224 cm³/mol. The van der Waals surface area contributed by atoms with E-state index in [1.54, 1.807) is 0 Å². The van der Waals surface area contributed by atoms with Gasteiger partial charge in [-0.2, -0.15) is 0 Å². The summed E-state index contributed by atoms with van der Waals surface area (Å²) in [7, 11) is 0. The van der Waals surface area contributed by atoms with Crippen molar-refractivity contribution in [3.8, 4) is 0 Å². The SMILES string of the molecule is CCC/C=C\C/C=C\CCCCCCCC(=O)OCC(COCCCCCCCCCCCCCCCCCCCC)OC(=O)CCCCCCC. The van der Waals surface area contributed by atoms with Crippen LogP contribution in [0.2, 0.25) is 0 Å². The molecule has 5 nitrogen and oxygen atoms in total. The van der Waals surface area contributed by atoms with Crippen molar-refractivity contribution < 1.29 is 23.8 Å². The number of hydrogen-bond donors (Lipinski definition) is 0. The fourth-order valence-electron chi connectivity index (χ4n) is 6.55. The molecule has 0 amide bonds. The Balaban J connectivity index is 4.01. The zero-order valence-electron chi connectivity index (χ0n) is 35.1. The molecule has 0 heterocycles. The minimum Gasteiger partial charge on any atom is -0.462 e. The molecule has 0 radical (unpaired) electrons. The van der Waals surface area contributed by atoms with E-state index in [9.17, 15) is 9.59 Å². The van der Waals surface area contributed by atoms with Gasteiger partial charge in [0.05, 0.1) is 6.61 Å². The highest BCUT2D eigenvalue weighted by Crippen LogP contribution is 2.15. The van der Waals surface area contributed by atoms with Gasteiger partial charge >= 0.3 is 11.9 Å². The predicted octanol–water partition coefficient (Wildman–Crippen LogP) is 14.9. The maximum Gasteiger partial charge on any atom is 0.306 e. The molecule has 0 rings (SSSR count). The summed E-state index contributed by atoms with van der Waals surface area (Å²) < 4.78 is 17.2. The molecule has 0 aromatic rings. The van der Waals surface area contributed by atoms with Crippen molar-refractivity contribution in [2.24, 2.45) is 0 Å². The number of carbonyl (C=O) groups is 2. The second kappa shape index (κ2) is 43.8. The molecule has 0 aliphatic carbocycles. The van der Waals surface area contributed by atoms with Crippen LogP contribution in [0.25, 0.3) is 0 Å². The molecule has 0 aromatic heterocycles. The van der Waals surface area contributed by atoms with E-state index < -0.39 is 6.10 Å². The third kappa shape index (κ3) is 41.1. The summed E-state index contributed by atoms with van der Waals surface area (Å²) in [5.41, 5.74) is 0. The van der Waals surface area contributed by atoms with Crippen molar-refractivity contribution >= 4 is 11.9 Å². The lowest BCUT2D eigenvalue weighted by molar-refractivity contribution is -0.163. The molecule has 1 atom stereocenters. The number of rotatable bonds is 42. The molecule has 306 valence electrons. The van der Waals surface area contributed by atoms with E-state index in [0.29, 0.717) is 19.4 Å². The summed E-state index contributed by atoms with van der Waals surface area (Å²) in [6, 6.07) is 0. The molecule has 0 saturated carbocycles. The first-order chi connectivity index (χ1) is 25.6. The number of allylic oxidation sites excluding steroid dienone is 4. The maximum absolute atomic E-state index is 12.5. The number of esters is 2. The number of carbonyl (C=O) groups excluding carboxylic acids is 2. The first-order valence-corrected chi connectivity index (χ1v) is 22.9. The third-order valence-electron chi connectivity index (χ3n) is 9.97. The van der Waals surface area contributed by atoms with Crippen molar-refractivity contribution in [1.29, 1.82) is 0 Å². The van der Waals surface area contributed by atoms with Crippen molar-refractivity contribution in [2.75, 3.05) is 19.8 Å². The zero-order valence-corrected chi connectivity index (χ0v) is 35.1. The Morgan fingerprint density at radius 2 is 0.846 bits per heavy atom. The Morgan fingerprint density at radius 3 is 1.35 bits per heavy atom. The van der Waals surface area contributed by atoms with Crippen molar-refractivity contribution in [2.45, 2.75) is 245 Å². The van der Waals surface area contributed by atoms with E-state index in [2.05, 4.69) is 45.1 Å². The Labute approximate surface area is 324 Å². The summed E-state index contributed by atoms with van der Waals surface area (Å²) in [4.78, 5) is 25.0. The van der Waals surface area contributed by atoms with Crippen molar-refractivity contribution in [1.82, 2.24) is 0 Å². The third-order valence-corrected chi connectivity index (χ3v) is 9.97. The van der Waals surface area contributed by atoms with Crippen LogP contribution in [0.3, 0.4) is 0 Å². The summed E-state index contributed by atoms with van der Waals surface area (Å²) in [6.45, 7) is 7.71. The van der Waals surface area contributed by atoms with E-state index in [4.69, 9.17) is 14.2 Å². The van der Waals surface area contributed by atoms with E-state index in [1.165, 1.54) is 148 Å². The molecule has 0 saturated heterocycles. The van der Waals surface area contributed by atoms with Crippen LogP contribution in [0.5, 0.6) is 0 Å². The van der Waals surface area contributed by atoms with Gasteiger partial charge in [0.1, 0.15) is 6.61 Å². The molecule has 0 aliphatic heterocycles. The Hall–Kier alpha value is -1.62. The largest absolute Gasteiger partial charge is 0.462 e. The maximum atomic E-state index is 12.5. The summed E-state index contributed by atoms with van der Waals surface area (Å²) in [5, 5.41) is 0.